The maximum atomic E-state index is 13.4. The van der Waals surface area contributed by atoms with Gasteiger partial charge in [0.1, 0.15) is 11.5 Å². The van der Waals surface area contributed by atoms with E-state index in [1.165, 1.54) is 6.08 Å². The van der Waals surface area contributed by atoms with Crippen molar-refractivity contribution < 1.29 is 28.3 Å². The second kappa shape index (κ2) is 8.55. The highest BCUT2D eigenvalue weighted by molar-refractivity contribution is 6.30. The number of hydrogen-bond donors (Lipinski definition) is 0. The van der Waals surface area contributed by atoms with Gasteiger partial charge in [0, 0.05) is 21.9 Å². The first kappa shape index (κ1) is 21.9. The Balaban J connectivity index is 1.49. The number of ether oxygens (including phenoxy) is 3. The van der Waals surface area contributed by atoms with Crippen LogP contribution in [0, 0.1) is 0 Å². The Kier molecular flexibility index (Phi) is 5.20. The summed E-state index contributed by atoms with van der Waals surface area (Å²) >= 11 is 5.97. The Labute approximate surface area is 209 Å². The molecule has 0 radical (unpaired) electrons. The summed E-state index contributed by atoms with van der Waals surface area (Å²) in [5.41, 5.74) is 1.23. The van der Waals surface area contributed by atoms with Crippen LogP contribution in [0.3, 0.4) is 0 Å². The molecule has 176 valence electrons. The van der Waals surface area contributed by atoms with Crippen molar-refractivity contribution in [2.24, 2.45) is 0 Å². The smallest absolute Gasteiger partial charge is 0.343 e. The van der Waals surface area contributed by atoms with Crippen LogP contribution in [0.4, 0.5) is 0 Å². The van der Waals surface area contributed by atoms with E-state index in [1.807, 2.05) is 12.1 Å². The quantitative estimate of drug-likeness (QED) is 0.203. The third-order valence-electron chi connectivity index (χ3n) is 5.89. The van der Waals surface area contributed by atoms with Crippen LogP contribution in [-0.4, -0.2) is 24.0 Å². The van der Waals surface area contributed by atoms with E-state index >= 15 is 0 Å². The molecule has 7 nitrogen and oxygen atoms in total. The maximum absolute atomic E-state index is 13.4. The molecule has 0 spiro atoms. The largest absolute Gasteiger partial charge is 0.497 e. The highest BCUT2D eigenvalue weighted by Crippen LogP contribution is 2.44. The van der Waals surface area contributed by atoms with Gasteiger partial charge in [-0.2, -0.15) is 0 Å². The van der Waals surface area contributed by atoms with Gasteiger partial charge in [-0.3, -0.25) is 4.79 Å². The van der Waals surface area contributed by atoms with Crippen molar-refractivity contribution in [3.63, 3.8) is 0 Å². The minimum absolute atomic E-state index is 0.134. The molecule has 4 aromatic carbocycles. The van der Waals surface area contributed by atoms with E-state index in [0.29, 0.717) is 49.5 Å². The van der Waals surface area contributed by atoms with Crippen LogP contribution < -0.4 is 14.2 Å². The highest BCUT2D eigenvalue weighted by atomic mass is 35.5. The topological polar surface area (TPSA) is 87.9 Å². The van der Waals surface area contributed by atoms with E-state index in [1.54, 1.807) is 67.8 Å². The molecule has 0 saturated heterocycles. The van der Waals surface area contributed by atoms with Crippen molar-refractivity contribution in [3.05, 3.63) is 101 Å². The Morgan fingerprint density at radius 1 is 0.917 bits per heavy atom. The van der Waals surface area contributed by atoms with Crippen LogP contribution in [-0.2, 0) is 0 Å². The molecule has 0 bridgehead atoms. The summed E-state index contributed by atoms with van der Waals surface area (Å²) in [5, 5.41) is 6.37. The zero-order valence-corrected chi connectivity index (χ0v) is 19.5. The number of nitrogens with zero attached hydrogens (tertiary/aromatic N) is 1. The first-order valence-electron chi connectivity index (χ1n) is 10.9. The highest BCUT2D eigenvalue weighted by Gasteiger charge is 2.33. The summed E-state index contributed by atoms with van der Waals surface area (Å²) in [7, 11) is 1.54. The van der Waals surface area contributed by atoms with Gasteiger partial charge in [-0.1, -0.05) is 41.0 Å². The third kappa shape index (κ3) is 3.57. The van der Waals surface area contributed by atoms with Gasteiger partial charge in [0.2, 0.25) is 0 Å². The fourth-order valence-electron chi connectivity index (χ4n) is 4.19. The molecule has 8 heteroatoms. The summed E-state index contributed by atoms with van der Waals surface area (Å²) in [5.74, 6) is 0.423. The molecule has 0 N–H and O–H groups in total. The van der Waals surface area contributed by atoms with Gasteiger partial charge in [-0.05, 0) is 48.5 Å². The van der Waals surface area contributed by atoms with Gasteiger partial charge >= 0.3 is 5.97 Å². The summed E-state index contributed by atoms with van der Waals surface area (Å²) in [6, 6.07) is 20.4. The lowest BCUT2D eigenvalue weighted by Crippen LogP contribution is -2.14. The summed E-state index contributed by atoms with van der Waals surface area (Å²) in [6.45, 7) is 0. The molecule has 0 amide bonds. The SMILES string of the molecule is COc1ccc(C(=O)Oc2c3c4c(noc4c4ccccc24)C(Oc2ccc(Cl)cc2)=CC3=O)cc1. The predicted molar refractivity (Wildman–Crippen MR) is 134 cm³/mol. The van der Waals surface area contributed by atoms with Crippen molar-refractivity contribution in [1.29, 1.82) is 0 Å². The predicted octanol–water partition coefficient (Wildman–Crippen LogP) is 6.48. The van der Waals surface area contributed by atoms with Crippen LogP contribution in [0.15, 0.2) is 83.4 Å². The van der Waals surface area contributed by atoms with Crippen LogP contribution >= 0.6 is 11.6 Å². The van der Waals surface area contributed by atoms with Crippen molar-refractivity contribution in [2.45, 2.75) is 0 Å². The van der Waals surface area contributed by atoms with E-state index < -0.39 is 11.8 Å². The molecule has 0 unspecified atom stereocenters. The zero-order chi connectivity index (χ0) is 24.8. The fourth-order valence-corrected chi connectivity index (χ4v) is 4.31. The van der Waals surface area contributed by atoms with E-state index in [-0.39, 0.29) is 17.1 Å². The molecular formula is C28H16ClNO6. The number of halogens is 1. The summed E-state index contributed by atoms with van der Waals surface area (Å²) < 4.78 is 22.6. The number of carbonyl (C=O) groups is 2. The summed E-state index contributed by atoms with van der Waals surface area (Å²) in [6.07, 6.45) is 1.31. The normalized spacial score (nSPS) is 12.5. The fraction of sp³-hybridized carbons (Fsp3) is 0.0357. The number of aromatic nitrogens is 1. The van der Waals surface area contributed by atoms with E-state index in [2.05, 4.69) is 5.16 Å². The number of carbonyl (C=O) groups excluding carboxylic acids is 2. The number of esters is 1. The lowest BCUT2D eigenvalue weighted by Gasteiger charge is -2.17. The molecule has 0 aliphatic heterocycles. The molecule has 36 heavy (non-hydrogen) atoms. The lowest BCUT2D eigenvalue weighted by atomic mass is 9.92. The van der Waals surface area contributed by atoms with Gasteiger partial charge in [-0.15, -0.1) is 0 Å². The Hall–Kier alpha value is -4.62. The van der Waals surface area contributed by atoms with Crippen molar-refractivity contribution in [2.75, 3.05) is 7.11 Å². The van der Waals surface area contributed by atoms with E-state index in [4.69, 9.17) is 30.3 Å². The molecular weight excluding hydrogens is 482 g/mol. The van der Waals surface area contributed by atoms with Crippen LogP contribution in [0.25, 0.3) is 27.5 Å². The van der Waals surface area contributed by atoms with Crippen LogP contribution in [0.2, 0.25) is 5.02 Å². The molecule has 1 aliphatic carbocycles. The monoisotopic (exact) mass is 497 g/mol. The number of methoxy groups -OCH3 is 1. The molecule has 0 saturated carbocycles. The average Bonchev–Trinajstić information content (AvgIpc) is 3.35. The molecule has 1 aliphatic rings. The Morgan fingerprint density at radius 2 is 1.61 bits per heavy atom. The molecule has 5 aromatic rings. The van der Waals surface area contributed by atoms with E-state index in [0.717, 1.165) is 0 Å². The van der Waals surface area contributed by atoms with Gasteiger partial charge < -0.3 is 18.7 Å². The number of hydrogen-bond acceptors (Lipinski definition) is 7. The van der Waals surface area contributed by atoms with Crippen molar-refractivity contribution in [1.82, 2.24) is 5.16 Å². The number of allylic oxidation sites excluding steroid dienone is 1. The minimum atomic E-state index is -0.614. The first-order chi connectivity index (χ1) is 17.5. The Morgan fingerprint density at radius 3 is 2.33 bits per heavy atom. The van der Waals surface area contributed by atoms with Crippen LogP contribution in [0.5, 0.6) is 17.2 Å². The lowest BCUT2D eigenvalue weighted by molar-refractivity contribution is 0.0735. The van der Waals surface area contributed by atoms with Crippen molar-refractivity contribution >= 4 is 50.9 Å². The van der Waals surface area contributed by atoms with Gasteiger partial charge in [0.05, 0.1) is 23.6 Å². The van der Waals surface area contributed by atoms with Crippen molar-refractivity contribution in [3.8, 4) is 17.2 Å². The second-order valence-corrected chi connectivity index (χ2v) is 8.47. The van der Waals surface area contributed by atoms with Gasteiger partial charge in [0.15, 0.2) is 28.6 Å². The zero-order valence-electron chi connectivity index (χ0n) is 18.8. The molecule has 0 atom stereocenters. The third-order valence-corrected chi connectivity index (χ3v) is 6.14. The van der Waals surface area contributed by atoms with E-state index in [9.17, 15) is 9.59 Å². The maximum Gasteiger partial charge on any atom is 0.343 e. The number of fused-ring (bicyclic) bond motifs is 2. The minimum Gasteiger partial charge on any atom is -0.497 e. The number of benzene rings is 4. The molecule has 6 rings (SSSR count). The summed E-state index contributed by atoms with van der Waals surface area (Å²) in [4.78, 5) is 26.5. The number of rotatable bonds is 5. The van der Waals surface area contributed by atoms with Gasteiger partial charge in [0.25, 0.3) is 0 Å². The molecule has 0 fully saturated rings. The molecule has 1 aromatic heterocycles. The standard InChI is InChI=1S/C28H16ClNO6/c1-33-17-10-6-15(7-11-17)28(32)35-26-19-4-2-3-5-20(19)27-24-23(26)21(31)14-22(25(24)30-36-27)34-18-12-8-16(29)9-13-18/h2-14H,1H3. The first-order valence-corrected chi connectivity index (χ1v) is 11.3. The van der Waals surface area contributed by atoms with Gasteiger partial charge in [-0.25, -0.2) is 4.79 Å². The average molecular weight is 498 g/mol. The Bertz CT molecular complexity index is 1700. The van der Waals surface area contributed by atoms with Crippen LogP contribution in [0.1, 0.15) is 26.4 Å². The molecule has 1 heterocycles. The second-order valence-electron chi connectivity index (χ2n) is 8.03. The number of ketones is 1.